The number of nitrogens with zero attached hydrogens (tertiary/aromatic N) is 4. The first-order valence-corrected chi connectivity index (χ1v) is 8.29. The smallest absolute Gasteiger partial charge is 0.323 e. The van der Waals surface area contributed by atoms with Crippen LogP contribution in [-0.2, 0) is 18.4 Å². The molecular weight excluding hydrogens is 320 g/mol. The molecule has 0 radical (unpaired) electrons. The minimum absolute atomic E-state index is 0.373. The summed E-state index contributed by atoms with van der Waals surface area (Å²) in [4.78, 5) is 28.1. The topological polar surface area (TPSA) is 90.0 Å². The lowest BCUT2D eigenvalue weighted by atomic mass is 9.77. The number of carbonyl (C=O) groups is 1. The molecule has 1 aliphatic rings. The van der Waals surface area contributed by atoms with Crippen LogP contribution in [0.15, 0.2) is 35.4 Å². The molecule has 1 fully saturated rings. The maximum absolute atomic E-state index is 12.8. The molecule has 4 rings (SSSR count). The molecule has 0 atom stereocenters. The first-order chi connectivity index (χ1) is 12.1. The molecule has 1 saturated carbocycles. The Morgan fingerprint density at radius 1 is 1.32 bits per heavy atom. The molecule has 0 unspecified atom stereocenters. The molecule has 0 aliphatic heterocycles. The number of aromatic nitrogens is 4. The van der Waals surface area contributed by atoms with E-state index in [0.29, 0.717) is 22.6 Å². The van der Waals surface area contributed by atoms with Crippen molar-refractivity contribution in [2.75, 3.05) is 0 Å². The van der Waals surface area contributed by atoms with E-state index in [0.717, 1.165) is 23.0 Å². The average molecular weight is 338 g/mol. The molecule has 0 saturated heterocycles. The van der Waals surface area contributed by atoms with Crippen LogP contribution in [0.25, 0.3) is 22.3 Å². The van der Waals surface area contributed by atoms with Gasteiger partial charge in [0.1, 0.15) is 24.0 Å². The van der Waals surface area contributed by atoms with Crippen LogP contribution in [0.3, 0.4) is 0 Å². The van der Waals surface area contributed by atoms with Crippen molar-refractivity contribution in [2.24, 2.45) is 7.05 Å². The number of hydrogen-bond acceptors (Lipinski definition) is 4. The third kappa shape index (κ3) is 2.52. The highest BCUT2D eigenvalue weighted by atomic mass is 16.4. The third-order valence-electron chi connectivity index (χ3n) is 4.88. The Morgan fingerprint density at radius 3 is 2.76 bits per heavy atom. The summed E-state index contributed by atoms with van der Waals surface area (Å²) in [5.74, 6) is -0.588. The van der Waals surface area contributed by atoms with Crippen LogP contribution in [-0.4, -0.2) is 30.4 Å². The van der Waals surface area contributed by atoms with Gasteiger partial charge in [0.05, 0.1) is 0 Å². The van der Waals surface area contributed by atoms with Crippen LogP contribution in [0.2, 0.25) is 0 Å². The van der Waals surface area contributed by atoms with Crippen molar-refractivity contribution in [3.8, 4) is 11.3 Å². The fraction of sp³-hybridized carbons (Fsp3) is 0.333. The molecule has 1 aliphatic carbocycles. The molecule has 2 aromatic heterocycles. The van der Waals surface area contributed by atoms with Crippen LogP contribution in [0.4, 0.5) is 0 Å². The summed E-state index contributed by atoms with van der Waals surface area (Å²) in [6.07, 6.45) is 4.77. The second-order valence-electron chi connectivity index (χ2n) is 6.46. The van der Waals surface area contributed by atoms with Crippen LogP contribution in [0.1, 0.15) is 30.7 Å². The molecule has 0 spiro atoms. The van der Waals surface area contributed by atoms with Gasteiger partial charge in [0.15, 0.2) is 5.65 Å². The number of carboxylic acid groups (broad SMARTS) is 1. The average Bonchev–Trinajstić information content (AvgIpc) is 2.86. The largest absolute Gasteiger partial charge is 0.480 e. The van der Waals surface area contributed by atoms with E-state index in [1.54, 1.807) is 11.7 Å². The quantitative estimate of drug-likeness (QED) is 0.787. The summed E-state index contributed by atoms with van der Waals surface area (Å²) in [7, 11) is 1.74. The van der Waals surface area contributed by atoms with E-state index in [4.69, 9.17) is 5.11 Å². The lowest BCUT2D eigenvalue weighted by Crippen LogP contribution is -2.24. The summed E-state index contributed by atoms with van der Waals surface area (Å²) in [5, 5.41) is 13.9. The number of carboxylic acids is 1. The number of benzene rings is 1. The maximum atomic E-state index is 12.8. The summed E-state index contributed by atoms with van der Waals surface area (Å²) >= 11 is 0. The van der Waals surface area contributed by atoms with E-state index in [2.05, 4.69) is 16.1 Å². The summed E-state index contributed by atoms with van der Waals surface area (Å²) in [6, 6.07) is 8.00. The van der Waals surface area contributed by atoms with E-state index in [9.17, 15) is 9.59 Å². The van der Waals surface area contributed by atoms with E-state index in [1.165, 1.54) is 18.3 Å². The summed E-state index contributed by atoms with van der Waals surface area (Å²) < 4.78 is 2.69. The van der Waals surface area contributed by atoms with Crippen molar-refractivity contribution >= 4 is 17.0 Å². The fourth-order valence-electron chi connectivity index (χ4n) is 3.42. The van der Waals surface area contributed by atoms with Gasteiger partial charge in [0, 0.05) is 12.6 Å². The first kappa shape index (κ1) is 15.6. The van der Waals surface area contributed by atoms with E-state index in [-0.39, 0.29) is 5.56 Å². The Morgan fingerprint density at radius 2 is 2.08 bits per heavy atom. The number of aryl methyl sites for hydroxylation is 1. The minimum atomic E-state index is -1.08. The fourth-order valence-corrected chi connectivity index (χ4v) is 3.42. The number of hydrogen-bond donors (Lipinski definition) is 1. The molecule has 3 aromatic rings. The van der Waals surface area contributed by atoms with Crippen LogP contribution >= 0.6 is 0 Å². The molecule has 2 heterocycles. The van der Waals surface area contributed by atoms with Gasteiger partial charge in [-0.15, -0.1) is 0 Å². The van der Waals surface area contributed by atoms with Crippen LogP contribution in [0, 0.1) is 0 Å². The van der Waals surface area contributed by atoms with Crippen molar-refractivity contribution in [3.05, 3.63) is 46.5 Å². The molecule has 7 heteroatoms. The molecule has 25 heavy (non-hydrogen) atoms. The van der Waals surface area contributed by atoms with Crippen LogP contribution < -0.4 is 5.56 Å². The van der Waals surface area contributed by atoms with Crippen molar-refractivity contribution in [1.29, 1.82) is 0 Å². The highest BCUT2D eigenvalue weighted by Gasteiger charge is 2.25. The molecule has 7 nitrogen and oxygen atoms in total. The Labute approximate surface area is 143 Å². The van der Waals surface area contributed by atoms with Crippen molar-refractivity contribution in [2.45, 2.75) is 31.7 Å². The zero-order valence-electron chi connectivity index (χ0n) is 13.8. The van der Waals surface area contributed by atoms with Gasteiger partial charge < -0.3 is 5.11 Å². The Kier molecular flexibility index (Phi) is 3.63. The normalized spacial score (nSPS) is 14.6. The standard InChI is InChI=1S/C18H18N4O3/c1-21-17-15(18(25)22(10-19-17)9-14(23)24)16(20-21)13-8-3-2-7-12(13)11-5-4-6-11/h2-3,7-8,10-11H,4-6,9H2,1H3,(H,23,24). The Bertz CT molecular complexity index is 1030. The van der Waals surface area contributed by atoms with Crippen molar-refractivity contribution in [3.63, 3.8) is 0 Å². The molecule has 1 N–H and O–H groups in total. The SMILES string of the molecule is Cn1nc(-c2ccccc2C2CCC2)c2c(=O)n(CC(=O)O)cnc21. The van der Waals surface area contributed by atoms with Crippen molar-refractivity contribution in [1.82, 2.24) is 19.3 Å². The van der Waals surface area contributed by atoms with Gasteiger partial charge in [-0.05, 0) is 24.3 Å². The van der Waals surface area contributed by atoms with E-state index >= 15 is 0 Å². The summed E-state index contributed by atoms with van der Waals surface area (Å²) in [5.41, 5.74) is 2.80. The van der Waals surface area contributed by atoms with Gasteiger partial charge >= 0.3 is 5.97 Å². The second-order valence-corrected chi connectivity index (χ2v) is 6.46. The predicted molar refractivity (Wildman–Crippen MR) is 92.4 cm³/mol. The van der Waals surface area contributed by atoms with Gasteiger partial charge in [-0.1, -0.05) is 30.7 Å². The van der Waals surface area contributed by atoms with Gasteiger partial charge in [-0.25, -0.2) is 9.67 Å². The number of rotatable bonds is 4. The molecular formula is C18H18N4O3. The lowest BCUT2D eigenvalue weighted by molar-refractivity contribution is -0.137. The maximum Gasteiger partial charge on any atom is 0.323 e. The Balaban J connectivity index is 1.97. The molecule has 1 aromatic carbocycles. The predicted octanol–water partition coefficient (Wildman–Crippen LogP) is 2.15. The highest BCUT2D eigenvalue weighted by molar-refractivity contribution is 5.91. The third-order valence-corrected chi connectivity index (χ3v) is 4.88. The van der Waals surface area contributed by atoms with Crippen LogP contribution in [0.5, 0.6) is 0 Å². The second kappa shape index (κ2) is 5.84. The number of fused-ring (bicyclic) bond motifs is 1. The molecule has 128 valence electrons. The highest BCUT2D eigenvalue weighted by Crippen LogP contribution is 2.41. The number of aliphatic carboxylic acids is 1. The van der Waals surface area contributed by atoms with Gasteiger partial charge in [-0.3, -0.25) is 14.2 Å². The van der Waals surface area contributed by atoms with Crippen molar-refractivity contribution < 1.29 is 9.90 Å². The minimum Gasteiger partial charge on any atom is -0.480 e. The molecule has 0 amide bonds. The van der Waals surface area contributed by atoms with Gasteiger partial charge in [0.25, 0.3) is 5.56 Å². The van der Waals surface area contributed by atoms with Gasteiger partial charge in [0.2, 0.25) is 0 Å². The Hall–Kier alpha value is -2.96. The van der Waals surface area contributed by atoms with E-state index < -0.39 is 12.5 Å². The summed E-state index contributed by atoms with van der Waals surface area (Å²) in [6.45, 7) is -0.416. The van der Waals surface area contributed by atoms with E-state index in [1.807, 2.05) is 18.2 Å². The molecule has 0 bridgehead atoms. The zero-order chi connectivity index (χ0) is 17.6. The first-order valence-electron chi connectivity index (χ1n) is 8.29. The lowest BCUT2D eigenvalue weighted by Gasteiger charge is -2.27. The van der Waals surface area contributed by atoms with Gasteiger partial charge in [-0.2, -0.15) is 5.10 Å². The zero-order valence-corrected chi connectivity index (χ0v) is 13.8. The monoisotopic (exact) mass is 338 g/mol.